The van der Waals surface area contributed by atoms with E-state index in [0.29, 0.717) is 12.8 Å². The van der Waals surface area contributed by atoms with Crippen molar-refractivity contribution in [3.8, 4) is 0 Å². The number of aliphatic hydroxyl groups excluding tert-OH is 1. The van der Waals surface area contributed by atoms with Gasteiger partial charge in [-0.25, -0.2) is 0 Å². The molecule has 12 heavy (non-hydrogen) atoms. The summed E-state index contributed by atoms with van der Waals surface area (Å²) in [6.45, 7) is 1.96. The van der Waals surface area contributed by atoms with Crippen LogP contribution in [0.25, 0.3) is 0 Å². The summed E-state index contributed by atoms with van der Waals surface area (Å²) >= 11 is 0. The molecule has 0 unspecified atom stereocenters. The molecule has 1 rings (SSSR count). The van der Waals surface area contributed by atoms with Crippen molar-refractivity contribution in [2.45, 2.75) is 31.8 Å². The van der Waals surface area contributed by atoms with Crippen LogP contribution in [0.3, 0.4) is 0 Å². The Kier molecular flexibility index (Phi) is 3.69. The molecule has 0 aromatic rings. The van der Waals surface area contributed by atoms with Gasteiger partial charge in [0.15, 0.2) is 5.78 Å². The van der Waals surface area contributed by atoms with Gasteiger partial charge in [0.05, 0.1) is 0 Å². The lowest BCUT2D eigenvalue weighted by atomic mass is 10.1. The zero-order chi connectivity index (χ0) is 8.97. The first kappa shape index (κ1) is 9.68. The number of carbonyl (C=O) groups excluding carboxylic acids is 1. The first-order valence-corrected chi connectivity index (χ1v) is 4.59. The van der Waals surface area contributed by atoms with Crippen LogP contribution in [0.5, 0.6) is 0 Å². The summed E-state index contributed by atoms with van der Waals surface area (Å²) in [6.07, 6.45) is 2.27. The summed E-state index contributed by atoms with van der Waals surface area (Å²) < 4.78 is 0. The summed E-state index contributed by atoms with van der Waals surface area (Å²) in [4.78, 5) is 13.4. The van der Waals surface area contributed by atoms with Crippen molar-refractivity contribution in [3.05, 3.63) is 0 Å². The zero-order valence-electron chi connectivity index (χ0n) is 7.62. The summed E-state index contributed by atoms with van der Waals surface area (Å²) in [7, 11) is 2.06. The number of rotatable bonds is 0. The van der Waals surface area contributed by atoms with Gasteiger partial charge in [0, 0.05) is 6.42 Å². The fraction of sp³-hybridized carbons (Fsp3) is 0.889. The topological polar surface area (TPSA) is 40.5 Å². The Morgan fingerprint density at radius 2 is 2.08 bits per heavy atom. The Labute approximate surface area is 73.4 Å². The molecule has 1 N–H and O–H groups in total. The molecule has 0 radical (unpaired) electrons. The van der Waals surface area contributed by atoms with E-state index in [2.05, 4.69) is 11.9 Å². The molecule has 0 bridgehead atoms. The second-order valence-corrected chi connectivity index (χ2v) is 3.53. The number of hydrogen-bond donors (Lipinski definition) is 1. The molecule has 0 amide bonds. The predicted octanol–water partition coefficient (Wildman–Crippen LogP) is 0.422. The molecule has 3 heteroatoms. The lowest BCUT2D eigenvalue weighted by Gasteiger charge is -2.13. The molecular formula is C9H17NO2. The SMILES string of the molecule is CN1CCCC(=O)[C@H](O)CCC1. The molecule has 1 atom stereocenters. The maximum atomic E-state index is 11.2. The van der Waals surface area contributed by atoms with Gasteiger partial charge >= 0.3 is 0 Å². The molecular weight excluding hydrogens is 154 g/mol. The van der Waals surface area contributed by atoms with Crippen LogP contribution in [-0.2, 0) is 4.79 Å². The smallest absolute Gasteiger partial charge is 0.161 e. The lowest BCUT2D eigenvalue weighted by Crippen LogP contribution is -2.20. The third-order valence-corrected chi connectivity index (χ3v) is 2.35. The van der Waals surface area contributed by atoms with E-state index in [1.54, 1.807) is 0 Å². The van der Waals surface area contributed by atoms with E-state index in [4.69, 9.17) is 0 Å². The summed E-state index contributed by atoms with van der Waals surface area (Å²) in [5.41, 5.74) is 0. The van der Waals surface area contributed by atoms with Crippen LogP contribution in [0, 0.1) is 0 Å². The van der Waals surface area contributed by atoms with Gasteiger partial charge in [-0.15, -0.1) is 0 Å². The number of aliphatic hydroxyl groups is 1. The van der Waals surface area contributed by atoms with Crippen LogP contribution < -0.4 is 0 Å². The molecule has 0 aliphatic carbocycles. The molecule has 1 saturated heterocycles. The largest absolute Gasteiger partial charge is 0.385 e. The molecule has 1 fully saturated rings. The lowest BCUT2D eigenvalue weighted by molar-refractivity contribution is -0.127. The highest BCUT2D eigenvalue weighted by Crippen LogP contribution is 2.07. The van der Waals surface area contributed by atoms with Crippen molar-refractivity contribution in [1.82, 2.24) is 4.90 Å². The molecule has 0 spiro atoms. The zero-order valence-corrected chi connectivity index (χ0v) is 7.62. The average Bonchev–Trinajstić information content (AvgIpc) is 2.08. The van der Waals surface area contributed by atoms with Gasteiger partial charge in [0.1, 0.15) is 6.10 Å². The van der Waals surface area contributed by atoms with E-state index in [1.807, 2.05) is 0 Å². The van der Waals surface area contributed by atoms with Crippen molar-refractivity contribution in [2.24, 2.45) is 0 Å². The maximum Gasteiger partial charge on any atom is 0.161 e. The van der Waals surface area contributed by atoms with Crippen LogP contribution in [0.1, 0.15) is 25.7 Å². The van der Waals surface area contributed by atoms with E-state index in [9.17, 15) is 9.90 Å². The standard InChI is InChI=1S/C9H17NO2/c1-10-6-2-4-8(11)9(12)5-3-7-10/h8,11H,2-7H2,1H3/t8-/m1/s1. The third kappa shape index (κ3) is 2.91. The van der Waals surface area contributed by atoms with E-state index in [1.165, 1.54) is 0 Å². The number of Topliss-reactive ketones (excluding diaryl/α,β-unsaturated/α-hetero) is 1. The molecule has 0 saturated carbocycles. The van der Waals surface area contributed by atoms with Crippen LogP contribution >= 0.6 is 0 Å². The summed E-state index contributed by atoms with van der Waals surface area (Å²) in [5.74, 6) is 0.0188. The van der Waals surface area contributed by atoms with E-state index < -0.39 is 6.10 Å². The van der Waals surface area contributed by atoms with Gasteiger partial charge in [0.2, 0.25) is 0 Å². The number of ketones is 1. The van der Waals surface area contributed by atoms with Crippen molar-refractivity contribution in [2.75, 3.05) is 20.1 Å². The molecule has 3 nitrogen and oxygen atoms in total. The van der Waals surface area contributed by atoms with Gasteiger partial charge in [-0.3, -0.25) is 4.79 Å². The Balaban J connectivity index is 2.41. The van der Waals surface area contributed by atoms with E-state index >= 15 is 0 Å². The molecule has 0 aromatic heterocycles. The molecule has 1 aliphatic heterocycles. The minimum Gasteiger partial charge on any atom is -0.385 e. The molecule has 70 valence electrons. The fourth-order valence-electron chi connectivity index (χ4n) is 1.52. The summed E-state index contributed by atoms with van der Waals surface area (Å²) in [5, 5.41) is 9.33. The highest BCUT2D eigenvalue weighted by Gasteiger charge is 2.16. The quantitative estimate of drug-likeness (QED) is 0.574. The summed E-state index contributed by atoms with van der Waals surface area (Å²) in [6, 6.07) is 0. The van der Waals surface area contributed by atoms with Gasteiger partial charge in [-0.05, 0) is 39.4 Å². The van der Waals surface area contributed by atoms with Crippen molar-refractivity contribution in [1.29, 1.82) is 0 Å². The first-order valence-electron chi connectivity index (χ1n) is 4.59. The van der Waals surface area contributed by atoms with Gasteiger partial charge in [0.25, 0.3) is 0 Å². The number of nitrogens with zero attached hydrogens (tertiary/aromatic N) is 1. The van der Waals surface area contributed by atoms with Crippen LogP contribution in [0.4, 0.5) is 0 Å². The van der Waals surface area contributed by atoms with E-state index in [0.717, 1.165) is 25.9 Å². The van der Waals surface area contributed by atoms with Gasteiger partial charge in [-0.1, -0.05) is 0 Å². The minimum atomic E-state index is -0.698. The molecule has 0 aromatic carbocycles. The first-order chi connectivity index (χ1) is 5.70. The molecule has 1 heterocycles. The highest BCUT2D eigenvalue weighted by molar-refractivity contribution is 5.82. The van der Waals surface area contributed by atoms with Crippen molar-refractivity contribution in [3.63, 3.8) is 0 Å². The van der Waals surface area contributed by atoms with Gasteiger partial charge in [-0.2, -0.15) is 0 Å². The minimum absolute atomic E-state index is 0.0188. The van der Waals surface area contributed by atoms with Crippen LogP contribution in [0.2, 0.25) is 0 Å². The van der Waals surface area contributed by atoms with Crippen LogP contribution in [-0.4, -0.2) is 42.0 Å². The maximum absolute atomic E-state index is 11.2. The van der Waals surface area contributed by atoms with Crippen molar-refractivity contribution < 1.29 is 9.90 Å². The third-order valence-electron chi connectivity index (χ3n) is 2.35. The van der Waals surface area contributed by atoms with Gasteiger partial charge < -0.3 is 10.0 Å². The molecule has 1 aliphatic rings. The van der Waals surface area contributed by atoms with E-state index in [-0.39, 0.29) is 5.78 Å². The highest BCUT2D eigenvalue weighted by atomic mass is 16.3. The Morgan fingerprint density at radius 3 is 2.83 bits per heavy atom. The fourth-order valence-corrected chi connectivity index (χ4v) is 1.52. The number of carbonyl (C=O) groups is 1. The normalized spacial score (nSPS) is 29.2. The van der Waals surface area contributed by atoms with Crippen LogP contribution in [0.15, 0.2) is 0 Å². The second kappa shape index (κ2) is 4.58. The Morgan fingerprint density at radius 1 is 1.42 bits per heavy atom. The Bertz CT molecular complexity index is 159. The Hall–Kier alpha value is -0.410. The number of hydrogen-bond acceptors (Lipinski definition) is 3. The second-order valence-electron chi connectivity index (χ2n) is 3.53. The average molecular weight is 171 g/mol. The predicted molar refractivity (Wildman–Crippen MR) is 47.0 cm³/mol. The van der Waals surface area contributed by atoms with Crippen molar-refractivity contribution >= 4 is 5.78 Å². The monoisotopic (exact) mass is 171 g/mol.